The van der Waals surface area contributed by atoms with Gasteiger partial charge in [0.05, 0.1) is 18.8 Å². The summed E-state index contributed by atoms with van der Waals surface area (Å²) in [5, 5.41) is 14.9. The quantitative estimate of drug-likeness (QED) is 0.860. The van der Waals surface area contributed by atoms with Gasteiger partial charge in [-0.15, -0.1) is 0 Å². The lowest BCUT2D eigenvalue weighted by molar-refractivity contribution is 0.00504. The second-order valence-electron chi connectivity index (χ2n) is 8.67. The van der Waals surface area contributed by atoms with Crippen LogP contribution in [0.3, 0.4) is 0 Å². The first-order valence-corrected chi connectivity index (χ1v) is 8.84. The van der Waals surface area contributed by atoms with Crippen molar-refractivity contribution < 1.29 is 9.84 Å². The zero-order valence-electron chi connectivity index (χ0n) is 16.2. The Hall–Kier alpha value is -1.88. The highest BCUT2D eigenvalue weighted by Gasteiger charge is 2.32. The maximum absolute atomic E-state index is 10.7. The van der Waals surface area contributed by atoms with Gasteiger partial charge in [0, 0.05) is 6.42 Å². The van der Waals surface area contributed by atoms with Crippen LogP contribution in [0.2, 0.25) is 0 Å². The molecule has 2 atom stereocenters. The van der Waals surface area contributed by atoms with Crippen molar-refractivity contribution in [3.05, 3.63) is 42.5 Å². The molecular weight excluding hydrogens is 314 g/mol. The zero-order valence-corrected chi connectivity index (χ0v) is 16.2. The van der Waals surface area contributed by atoms with E-state index in [4.69, 9.17) is 4.74 Å². The molecule has 1 N–H and O–H groups in total. The Morgan fingerprint density at radius 2 is 1.72 bits per heavy atom. The van der Waals surface area contributed by atoms with E-state index in [1.807, 2.05) is 32.9 Å². The summed E-state index contributed by atoms with van der Waals surface area (Å²) < 4.78 is 7.62. The monoisotopic (exact) mass is 345 g/mol. The summed E-state index contributed by atoms with van der Waals surface area (Å²) in [6.07, 6.45) is 3.26. The number of aliphatic hydroxyl groups is 1. The molecule has 0 saturated heterocycles. The van der Waals surface area contributed by atoms with Gasteiger partial charge in [-0.05, 0) is 28.5 Å². The molecule has 0 aliphatic carbocycles. The Morgan fingerprint density at radius 3 is 2.20 bits per heavy atom. The lowest BCUT2D eigenvalue weighted by atomic mass is 9.84. The lowest BCUT2D eigenvalue weighted by Crippen LogP contribution is -2.36. The van der Waals surface area contributed by atoms with E-state index in [0.29, 0.717) is 13.0 Å². The van der Waals surface area contributed by atoms with E-state index in [0.717, 1.165) is 5.75 Å². The van der Waals surface area contributed by atoms with Gasteiger partial charge in [0.1, 0.15) is 18.4 Å². The van der Waals surface area contributed by atoms with Crippen molar-refractivity contribution >= 4 is 0 Å². The van der Waals surface area contributed by atoms with Crippen LogP contribution in [-0.2, 0) is 5.41 Å². The van der Waals surface area contributed by atoms with Gasteiger partial charge in [0.25, 0.3) is 0 Å². The van der Waals surface area contributed by atoms with Gasteiger partial charge >= 0.3 is 0 Å². The molecule has 0 radical (unpaired) electrons. The average Bonchev–Trinajstić information content (AvgIpc) is 3.04. The van der Waals surface area contributed by atoms with Gasteiger partial charge in [0.2, 0.25) is 0 Å². The number of aliphatic hydroxyl groups excluding tert-OH is 1. The van der Waals surface area contributed by atoms with Crippen LogP contribution in [0.5, 0.6) is 5.75 Å². The molecule has 0 unspecified atom stereocenters. The molecule has 0 fully saturated rings. The Bertz CT molecular complexity index is 637. The second-order valence-corrected chi connectivity index (χ2v) is 8.67. The Kier molecular flexibility index (Phi) is 5.88. The third-order valence-electron chi connectivity index (χ3n) is 4.43. The third kappa shape index (κ3) is 5.30. The molecule has 0 amide bonds. The predicted octanol–water partition coefficient (Wildman–Crippen LogP) is 3.99. The van der Waals surface area contributed by atoms with E-state index >= 15 is 0 Å². The highest BCUT2D eigenvalue weighted by molar-refractivity contribution is 5.31. The maximum atomic E-state index is 10.7. The van der Waals surface area contributed by atoms with E-state index in [1.165, 1.54) is 11.9 Å². The molecule has 1 aromatic carbocycles. The summed E-state index contributed by atoms with van der Waals surface area (Å²) in [5.41, 5.74) is 1.17. The first-order chi connectivity index (χ1) is 11.6. The fourth-order valence-corrected chi connectivity index (χ4v) is 2.75. The van der Waals surface area contributed by atoms with Gasteiger partial charge in [-0.1, -0.05) is 53.7 Å². The van der Waals surface area contributed by atoms with E-state index < -0.39 is 6.10 Å². The van der Waals surface area contributed by atoms with Crippen molar-refractivity contribution in [3.8, 4) is 5.75 Å². The fourth-order valence-electron chi connectivity index (χ4n) is 2.75. The minimum atomic E-state index is -0.541. The minimum Gasteiger partial charge on any atom is -0.494 e. The molecule has 138 valence electrons. The Balaban J connectivity index is 1.99. The van der Waals surface area contributed by atoms with Gasteiger partial charge in [-0.3, -0.25) is 0 Å². The molecule has 2 rings (SSSR count). The number of hydrogen-bond donors (Lipinski definition) is 1. The van der Waals surface area contributed by atoms with Crippen molar-refractivity contribution in [3.63, 3.8) is 0 Å². The molecular formula is C20H31N3O2. The summed E-state index contributed by atoms with van der Waals surface area (Å²) >= 11 is 0. The highest BCUT2D eigenvalue weighted by atomic mass is 16.5. The number of nitrogens with zero attached hydrogens (tertiary/aromatic N) is 3. The van der Waals surface area contributed by atoms with Crippen molar-refractivity contribution in [2.75, 3.05) is 6.61 Å². The molecule has 2 aromatic rings. The molecule has 1 heterocycles. The molecule has 25 heavy (non-hydrogen) atoms. The molecule has 5 heteroatoms. The van der Waals surface area contributed by atoms with Crippen LogP contribution in [0.25, 0.3) is 0 Å². The third-order valence-corrected chi connectivity index (χ3v) is 4.43. The molecule has 1 aromatic heterocycles. The summed E-state index contributed by atoms with van der Waals surface area (Å²) in [4.78, 5) is 4.01. The summed E-state index contributed by atoms with van der Waals surface area (Å²) in [5.74, 6) is 0.843. The molecule has 0 saturated carbocycles. The molecule has 5 nitrogen and oxygen atoms in total. The zero-order chi connectivity index (χ0) is 18.7. The largest absolute Gasteiger partial charge is 0.494 e. The Labute approximate surface area is 151 Å². The number of aromatic nitrogens is 3. The van der Waals surface area contributed by atoms with E-state index in [1.54, 1.807) is 11.0 Å². The van der Waals surface area contributed by atoms with Crippen molar-refractivity contribution in [1.82, 2.24) is 14.8 Å². The fraction of sp³-hybridized carbons (Fsp3) is 0.600. The summed E-state index contributed by atoms with van der Waals surface area (Å²) in [6.45, 7) is 13.2. The van der Waals surface area contributed by atoms with Crippen molar-refractivity contribution in [2.24, 2.45) is 5.41 Å². The van der Waals surface area contributed by atoms with Crippen molar-refractivity contribution in [2.45, 2.75) is 65.5 Å². The van der Waals surface area contributed by atoms with Crippen LogP contribution in [0, 0.1) is 5.41 Å². The summed E-state index contributed by atoms with van der Waals surface area (Å²) in [6, 6.07) is 8.05. The van der Waals surface area contributed by atoms with E-state index in [-0.39, 0.29) is 16.9 Å². The first-order valence-electron chi connectivity index (χ1n) is 8.84. The number of rotatable bonds is 6. The predicted molar refractivity (Wildman–Crippen MR) is 99.8 cm³/mol. The SMILES string of the molecule is CC(C)(C)c1ccc(OCC[C@@H]([C@H](O)C(C)(C)C)n2cncn2)cc1. The van der Waals surface area contributed by atoms with Gasteiger partial charge < -0.3 is 9.84 Å². The minimum absolute atomic E-state index is 0.132. The van der Waals surface area contributed by atoms with Gasteiger partial charge in [-0.25, -0.2) is 9.67 Å². The van der Waals surface area contributed by atoms with Crippen LogP contribution < -0.4 is 4.74 Å². The first kappa shape index (κ1) is 19.4. The van der Waals surface area contributed by atoms with Crippen LogP contribution >= 0.6 is 0 Å². The second kappa shape index (κ2) is 7.56. The standard InChI is InChI=1S/C20H31N3O2/c1-19(2,3)15-7-9-16(10-8-15)25-12-11-17(18(24)20(4,5)6)23-14-21-13-22-23/h7-10,13-14,17-18,24H,11-12H2,1-6H3/t17-,18-/m0/s1. The number of hydrogen-bond acceptors (Lipinski definition) is 4. The molecule has 0 aliphatic rings. The van der Waals surface area contributed by atoms with E-state index in [9.17, 15) is 5.11 Å². The highest BCUT2D eigenvalue weighted by Crippen LogP contribution is 2.30. The summed E-state index contributed by atoms with van der Waals surface area (Å²) in [7, 11) is 0. The smallest absolute Gasteiger partial charge is 0.137 e. The normalized spacial score (nSPS) is 15.0. The van der Waals surface area contributed by atoms with Crippen LogP contribution in [0.4, 0.5) is 0 Å². The topological polar surface area (TPSA) is 60.2 Å². The molecule has 0 aliphatic heterocycles. The Morgan fingerprint density at radius 1 is 1.08 bits per heavy atom. The maximum Gasteiger partial charge on any atom is 0.137 e. The van der Waals surface area contributed by atoms with Gasteiger partial charge in [0.15, 0.2) is 0 Å². The molecule has 0 spiro atoms. The van der Waals surface area contributed by atoms with Crippen LogP contribution in [-0.4, -0.2) is 32.6 Å². The average molecular weight is 345 g/mol. The number of ether oxygens (including phenoxy) is 1. The van der Waals surface area contributed by atoms with Crippen LogP contribution in [0.1, 0.15) is 59.6 Å². The van der Waals surface area contributed by atoms with Gasteiger partial charge in [-0.2, -0.15) is 5.10 Å². The molecule has 0 bridgehead atoms. The van der Waals surface area contributed by atoms with Crippen molar-refractivity contribution in [1.29, 1.82) is 0 Å². The number of benzene rings is 1. The lowest BCUT2D eigenvalue weighted by Gasteiger charge is -2.32. The van der Waals surface area contributed by atoms with E-state index in [2.05, 4.69) is 43.0 Å². The van der Waals surface area contributed by atoms with Crippen LogP contribution in [0.15, 0.2) is 36.9 Å².